The molecule has 1 aromatic heterocycles. The maximum atomic E-state index is 6.03. The molecule has 100 valence electrons. The predicted octanol–water partition coefficient (Wildman–Crippen LogP) is 3.84. The van der Waals surface area contributed by atoms with E-state index in [2.05, 4.69) is 38.8 Å². The summed E-state index contributed by atoms with van der Waals surface area (Å²) in [5.41, 5.74) is 9.18. The second-order valence-corrected chi connectivity index (χ2v) is 5.30. The zero-order valence-corrected chi connectivity index (χ0v) is 12.6. The summed E-state index contributed by atoms with van der Waals surface area (Å²) in [6.45, 7) is 3.97. The number of hydrogen-bond donors (Lipinski definition) is 1. The molecule has 2 N–H and O–H groups in total. The summed E-state index contributed by atoms with van der Waals surface area (Å²) < 4.78 is 1.01. The highest BCUT2D eigenvalue weighted by atomic mass is 79.9. The number of pyridine rings is 1. The maximum absolute atomic E-state index is 6.03. The van der Waals surface area contributed by atoms with Gasteiger partial charge in [-0.15, -0.1) is 0 Å². The zero-order chi connectivity index (χ0) is 13.7. The van der Waals surface area contributed by atoms with Gasteiger partial charge in [-0.3, -0.25) is 4.98 Å². The number of rotatable bonds is 5. The first-order chi connectivity index (χ1) is 9.22. The van der Waals surface area contributed by atoms with Gasteiger partial charge in [0, 0.05) is 31.2 Å². The number of nitrogens with two attached hydrogens (primary N) is 1. The number of benzene rings is 1. The van der Waals surface area contributed by atoms with Crippen LogP contribution in [0, 0.1) is 0 Å². The van der Waals surface area contributed by atoms with Crippen LogP contribution in [0.25, 0.3) is 0 Å². The van der Waals surface area contributed by atoms with Crippen LogP contribution in [0.2, 0.25) is 0 Å². The highest BCUT2D eigenvalue weighted by molar-refractivity contribution is 9.10. The minimum atomic E-state index is 0.809. The van der Waals surface area contributed by atoms with Crippen molar-refractivity contribution >= 4 is 27.3 Å². The molecule has 2 aromatic rings. The maximum Gasteiger partial charge on any atom is 0.0592 e. The van der Waals surface area contributed by atoms with Crippen LogP contribution < -0.4 is 10.6 Å². The minimum Gasteiger partial charge on any atom is -0.398 e. The van der Waals surface area contributed by atoms with E-state index in [1.807, 2.05) is 36.7 Å². The van der Waals surface area contributed by atoms with E-state index >= 15 is 0 Å². The first-order valence-electron chi connectivity index (χ1n) is 6.40. The van der Waals surface area contributed by atoms with Crippen molar-refractivity contribution in [3.63, 3.8) is 0 Å². The van der Waals surface area contributed by atoms with Crippen molar-refractivity contribution in [3.8, 4) is 0 Å². The molecule has 0 amide bonds. The average molecular weight is 320 g/mol. The van der Waals surface area contributed by atoms with Gasteiger partial charge in [-0.05, 0) is 40.0 Å². The van der Waals surface area contributed by atoms with Crippen molar-refractivity contribution in [1.29, 1.82) is 0 Å². The summed E-state index contributed by atoms with van der Waals surface area (Å²) in [4.78, 5) is 6.43. The van der Waals surface area contributed by atoms with Gasteiger partial charge in [-0.1, -0.05) is 25.1 Å². The van der Waals surface area contributed by atoms with Crippen molar-refractivity contribution in [2.45, 2.75) is 19.9 Å². The molecule has 1 aromatic carbocycles. The van der Waals surface area contributed by atoms with Gasteiger partial charge in [0.05, 0.1) is 10.2 Å². The van der Waals surface area contributed by atoms with E-state index in [0.717, 1.165) is 40.9 Å². The van der Waals surface area contributed by atoms with E-state index in [-0.39, 0.29) is 0 Å². The first kappa shape index (κ1) is 13.9. The standard InChI is InChI=1S/C15H18BrN3/c1-2-9-19(15-7-8-18-10-13(15)16)11-12-5-3-4-6-14(12)17/h3-8,10H,2,9,11,17H2,1H3. The molecule has 0 atom stereocenters. The Morgan fingerprint density at radius 1 is 1.26 bits per heavy atom. The number of hydrogen-bond acceptors (Lipinski definition) is 3. The van der Waals surface area contributed by atoms with Crippen LogP contribution in [0.3, 0.4) is 0 Å². The van der Waals surface area contributed by atoms with E-state index in [1.165, 1.54) is 0 Å². The molecule has 0 bridgehead atoms. The Kier molecular flexibility index (Phi) is 4.80. The minimum absolute atomic E-state index is 0.809. The Labute approximate surface area is 122 Å². The number of aromatic nitrogens is 1. The highest BCUT2D eigenvalue weighted by Gasteiger charge is 2.11. The van der Waals surface area contributed by atoms with E-state index in [0.29, 0.717) is 0 Å². The van der Waals surface area contributed by atoms with E-state index in [1.54, 1.807) is 0 Å². The topological polar surface area (TPSA) is 42.1 Å². The van der Waals surface area contributed by atoms with Crippen molar-refractivity contribution in [2.75, 3.05) is 17.2 Å². The lowest BCUT2D eigenvalue weighted by Crippen LogP contribution is -2.24. The molecule has 1 heterocycles. The molecule has 0 saturated carbocycles. The molecular weight excluding hydrogens is 302 g/mol. The summed E-state index contributed by atoms with van der Waals surface area (Å²) in [5.74, 6) is 0. The summed E-state index contributed by atoms with van der Waals surface area (Å²) >= 11 is 3.56. The summed E-state index contributed by atoms with van der Waals surface area (Å²) in [6, 6.07) is 10.0. The normalized spacial score (nSPS) is 10.4. The Hall–Kier alpha value is -1.55. The second kappa shape index (κ2) is 6.57. The fourth-order valence-electron chi connectivity index (χ4n) is 2.06. The van der Waals surface area contributed by atoms with Crippen LogP contribution >= 0.6 is 15.9 Å². The fraction of sp³-hybridized carbons (Fsp3) is 0.267. The molecule has 19 heavy (non-hydrogen) atoms. The predicted molar refractivity (Wildman–Crippen MR) is 84.1 cm³/mol. The molecule has 0 aliphatic rings. The van der Waals surface area contributed by atoms with Gasteiger partial charge in [0.25, 0.3) is 0 Å². The Balaban J connectivity index is 2.27. The molecule has 0 spiro atoms. The van der Waals surface area contributed by atoms with Gasteiger partial charge >= 0.3 is 0 Å². The highest BCUT2D eigenvalue weighted by Crippen LogP contribution is 2.27. The molecule has 0 radical (unpaired) electrons. The number of para-hydroxylation sites is 1. The number of nitrogens with zero attached hydrogens (tertiary/aromatic N) is 2. The summed E-state index contributed by atoms with van der Waals surface area (Å²) in [7, 11) is 0. The van der Waals surface area contributed by atoms with Crippen LogP contribution in [0.1, 0.15) is 18.9 Å². The molecule has 0 fully saturated rings. The Morgan fingerprint density at radius 3 is 2.74 bits per heavy atom. The summed E-state index contributed by atoms with van der Waals surface area (Å²) in [6.07, 6.45) is 4.73. The third kappa shape index (κ3) is 3.47. The van der Waals surface area contributed by atoms with Crippen LogP contribution in [0.5, 0.6) is 0 Å². The molecule has 4 heteroatoms. The van der Waals surface area contributed by atoms with Crippen molar-refractivity contribution in [2.24, 2.45) is 0 Å². The van der Waals surface area contributed by atoms with E-state index in [9.17, 15) is 0 Å². The molecule has 0 aliphatic carbocycles. The number of nitrogen functional groups attached to an aromatic ring is 1. The lowest BCUT2D eigenvalue weighted by Gasteiger charge is -2.26. The molecule has 3 nitrogen and oxygen atoms in total. The third-order valence-corrected chi connectivity index (χ3v) is 3.61. The van der Waals surface area contributed by atoms with Crippen molar-refractivity contribution < 1.29 is 0 Å². The van der Waals surface area contributed by atoms with Crippen molar-refractivity contribution in [1.82, 2.24) is 4.98 Å². The molecule has 0 aliphatic heterocycles. The molecule has 0 saturated heterocycles. The van der Waals surface area contributed by atoms with Gasteiger partial charge in [0.15, 0.2) is 0 Å². The zero-order valence-electron chi connectivity index (χ0n) is 11.0. The van der Waals surface area contributed by atoms with Gasteiger partial charge in [0.2, 0.25) is 0 Å². The number of halogens is 1. The Bertz CT molecular complexity index is 542. The molecule has 2 rings (SSSR count). The number of anilines is 2. The Morgan fingerprint density at radius 2 is 2.05 bits per heavy atom. The fourth-order valence-corrected chi connectivity index (χ4v) is 2.56. The van der Waals surface area contributed by atoms with Gasteiger partial charge < -0.3 is 10.6 Å². The van der Waals surface area contributed by atoms with Crippen LogP contribution in [0.4, 0.5) is 11.4 Å². The third-order valence-electron chi connectivity index (χ3n) is 3.00. The van der Waals surface area contributed by atoms with Crippen LogP contribution in [0.15, 0.2) is 47.2 Å². The van der Waals surface area contributed by atoms with Gasteiger partial charge in [-0.2, -0.15) is 0 Å². The molecule has 0 unspecified atom stereocenters. The summed E-state index contributed by atoms with van der Waals surface area (Å²) in [5, 5.41) is 0. The monoisotopic (exact) mass is 319 g/mol. The van der Waals surface area contributed by atoms with E-state index in [4.69, 9.17) is 5.73 Å². The van der Waals surface area contributed by atoms with Crippen molar-refractivity contribution in [3.05, 3.63) is 52.8 Å². The lowest BCUT2D eigenvalue weighted by atomic mass is 10.1. The van der Waals surface area contributed by atoms with Crippen LogP contribution in [-0.2, 0) is 6.54 Å². The van der Waals surface area contributed by atoms with Gasteiger partial charge in [-0.25, -0.2) is 0 Å². The van der Waals surface area contributed by atoms with Gasteiger partial charge in [0.1, 0.15) is 0 Å². The van der Waals surface area contributed by atoms with E-state index < -0.39 is 0 Å². The second-order valence-electron chi connectivity index (χ2n) is 4.45. The largest absolute Gasteiger partial charge is 0.398 e. The quantitative estimate of drug-likeness (QED) is 0.851. The van der Waals surface area contributed by atoms with Crippen LogP contribution in [-0.4, -0.2) is 11.5 Å². The SMILES string of the molecule is CCCN(Cc1ccccc1N)c1ccncc1Br. The first-order valence-corrected chi connectivity index (χ1v) is 7.19. The average Bonchev–Trinajstić information content (AvgIpc) is 2.41. The molecular formula is C15H18BrN3. The lowest BCUT2D eigenvalue weighted by molar-refractivity contribution is 0.766. The smallest absolute Gasteiger partial charge is 0.0592 e.